The van der Waals surface area contributed by atoms with Crippen LogP contribution in [0.4, 0.5) is 0 Å². The number of hydrogen-bond acceptors (Lipinski definition) is 3. The van der Waals surface area contributed by atoms with E-state index in [1.807, 2.05) is 27.7 Å². The number of carbonyl (C=O) groups is 2. The van der Waals surface area contributed by atoms with Crippen LogP contribution in [0.5, 0.6) is 0 Å². The van der Waals surface area contributed by atoms with Gasteiger partial charge in [0, 0.05) is 13.2 Å². The molecule has 0 spiro atoms. The Kier molecular flexibility index (Phi) is 5.42. The molecule has 1 aliphatic rings. The largest absolute Gasteiger partial charge is 0.481 e. The molecule has 0 aliphatic heterocycles. The molecule has 1 saturated carbocycles. The molecule has 2 N–H and O–H groups in total. The topological polar surface area (TPSA) is 75.6 Å². The Balaban J connectivity index is 2.84. The summed E-state index contributed by atoms with van der Waals surface area (Å²) in [5, 5.41) is 12.4. The third-order valence-corrected chi connectivity index (χ3v) is 5.66. The number of amides is 1. The summed E-state index contributed by atoms with van der Waals surface area (Å²) in [5.41, 5.74) is -1.18. The minimum atomic E-state index is -0.826. The van der Waals surface area contributed by atoms with Crippen LogP contribution in [-0.2, 0) is 14.3 Å². The van der Waals surface area contributed by atoms with Gasteiger partial charge in [-0.1, -0.05) is 27.7 Å². The fraction of sp³-hybridized carbons (Fsp3) is 0.875. The van der Waals surface area contributed by atoms with Gasteiger partial charge in [0.1, 0.15) is 5.60 Å². The second-order valence-corrected chi connectivity index (χ2v) is 6.95. The molecule has 1 fully saturated rings. The first-order valence-electron chi connectivity index (χ1n) is 7.69. The summed E-state index contributed by atoms with van der Waals surface area (Å²) in [4.78, 5) is 23.8. The van der Waals surface area contributed by atoms with E-state index in [1.165, 1.54) is 7.11 Å². The summed E-state index contributed by atoms with van der Waals surface area (Å²) in [7, 11) is 1.54. The molecule has 21 heavy (non-hydrogen) atoms. The molecule has 0 bridgehead atoms. The Morgan fingerprint density at radius 1 is 1.38 bits per heavy atom. The monoisotopic (exact) mass is 299 g/mol. The van der Waals surface area contributed by atoms with Crippen molar-refractivity contribution < 1.29 is 19.4 Å². The highest BCUT2D eigenvalue weighted by Gasteiger charge is 2.47. The highest BCUT2D eigenvalue weighted by molar-refractivity contribution is 5.85. The zero-order valence-corrected chi connectivity index (χ0v) is 14.0. The fourth-order valence-corrected chi connectivity index (χ4v) is 3.16. The number of carbonyl (C=O) groups excluding carboxylic acids is 1. The van der Waals surface area contributed by atoms with Crippen molar-refractivity contribution in [2.45, 2.75) is 65.5 Å². The van der Waals surface area contributed by atoms with Crippen LogP contribution in [0.1, 0.15) is 53.9 Å². The molecule has 0 aromatic heterocycles. The number of methoxy groups -OCH3 is 1. The number of aliphatic carboxylic acids is 1. The smallest absolute Gasteiger partial charge is 0.307 e. The van der Waals surface area contributed by atoms with Crippen LogP contribution in [-0.4, -0.2) is 35.7 Å². The highest BCUT2D eigenvalue weighted by Crippen LogP contribution is 2.45. The van der Waals surface area contributed by atoms with Gasteiger partial charge >= 0.3 is 5.97 Å². The molecule has 0 heterocycles. The summed E-state index contributed by atoms with van der Waals surface area (Å²) in [6, 6.07) is -0.0101. The first-order chi connectivity index (χ1) is 9.60. The van der Waals surface area contributed by atoms with E-state index in [0.717, 1.165) is 0 Å². The van der Waals surface area contributed by atoms with Crippen LogP contribution < -0.4 is 5.32 Å². The predicted molar refractivity (Wildman–Crippen MR) is 80.9 cm³/mol. The number of rotatable bonds is 5. The van der Waals surface area contributed by atoms with Gasteiger partial charge in [0.25, 0.3) is 5.91 Å². The molecule has 5 nitrogen and oxygen atoms in total. The van der Waals surface area contributed by atoms with Crippen molar-refractivity contribution >= 4 is 11.9 Å². The summed E-state index contributed by atoms with van der Waals surface area (Å²) >= 11 is 0. The molecule has 0 saturated heterocycles. The van der Waals surface area contributed by atoms with E-state index in [1.54, 1.807) is 6.92 Å². The number of nitrogens with one attached hydrogen (secondary N) is 1. The van der Waals surface area contributed by atoms with Crippen molar-refractivity contribution in [3.05, 3.63) is 0 Å². The molecule has 1 rings (SSSR count). The Bertz CT molecular complexity index is 401. The number of hydrogen-bond donors (Lipinski definition) is 2. The van der Waals surface area contributed by atoms with Gasteiger partial charge in [0.15, 0.2) is 0 Å². The molecule has 4 atom stereocenters. The number of ether oxygens (including phenoxy) is 1. The zero-order valence-electron chi connectivity index (χ0n) is 14.0. The lowest BCUT2D eigenvalue weighted by Gasteiger charge is -2.46. The van der Waals surface area contributed by atoms with E-state index >= 15 is 0 Å². The van der Waals surface area contributed by atoms with E-state index in [0.29, 0.717) is 19.3 Å². The lowest BCUT2D eigenvalue weighted by molar-refractivity contribution is -0.151. The molecule has 1 aliphatic carbocycles. The summed E-state index contributed by atoms with van der Waals surface area (Å²) in [5.74, 6) is -1.13. The fourth-order valence-electron chi connectivity index (χ4n) is 3.16. The van der Waals surface area contributed by atoms with Crippen LogP contribution >= 0.6 is 0 Å². The molecule has 0 aromatic rings. The minimum absolute atomic E-state index is 0.0101. The van der Waals surface area contributed by atoms with Gasteiger partial charge in [-0.2, -0.15) is 0 Å². The van der Waals surface area contributed by atoms with Gasteiger partial charge in [0.2, 0.25) is 0 Å². The van der Waals surface area contributed by atoms with E-state index in [-0.39, 0.29) is 29.2 Å². The SMILES string of the molecule is CCC(C)(OC)C(=O)NC1CCC(C(=O)O)C(C)(C)C1C. The van der Waals surface area contributed by atoms with E-state index in [9.17, 15) is 14.7 Å². The summed E-state index contributed by atoms with van der Waals surface area (Å²) in [6.45, 7) is 9.67. The third kappa shape index (κ3) is 3.39. The number of carboxylic acid groups (broad SMARTS) is 1. The maximum absolute atomic E-state index is 12.4. The molecule has 1 amide bonds. The first-order valence-corrected chi connectivity index (χ1v) is 7.69. The van der Waals surface area contributed by atoms with Crippen molar-refractivity contribution in [2.24, 2.45) is 17.3 Å². The van der Waals surface area contributed by atoms with Gasteiger partial charge in [-0.25, -0.2) is 0 Å². The molecular weight excluding hydrogens is 270 g/mol. The average molecular weight is 299 g/mol. The van der Waals surface area contributed by atoms with Crippen LogP contribution in [0.3, 0.4) is 0 Å². The van der Waals surface area contributed by atoms with Crippen LogP contribution in [0.15, 0.2) is 0 Å². The Labute approximate surface area is 127 Å². The van der Waals surface area contributed by atoms with Crippen molar-refractivity contribution in [1.82, 2.24) is 5.32 Å². The molecular formula is C16H29NO4. The van der Waals surface area contributed by atoms with Gasteiger partial charge < -0.3 is 15.2 Å². The first kappa shape index (κ1) is 18.0. The highest BCUT2D eigenvalue weighted by atomic mass is 16.5. The maximum Gasteiger partial charge on any atom is 0.307 e. The van der Waals surface area contributed by atoms with Crippen LogP contribution in [0.2, 0.25) is 0 Å². The van der Waals surface area contributed by atoms with Crippen molar-refractivity contribution in [2.75, 3.05) is 7.11 Å². The lowest BCUT2D eigenvalue weighted by atomic mass is 9.61. The van der Waals surface area contributed by atoms with Crippen LogP contribution in [0, 0.1) is 17.3 Å². The maximum atomic E-state index is 12.4. The molecule has 0 aromatic carbocycles. The predicted octanol–water partition coefficient (Wildman–Crippen LogP) is 2.44. The van der Waals surface area contributed by atoms with Gasteiger partial charge in [0.05, 0.1) is 5.92 Å². The van der Waals surface area contributed by atoms with E-state index < -0.39 is 11.6 Å². The quantitative estimate of drug-likeness (QED) is 0.817. The van der Waals surface area contributed by atoms with E-state index in [4.69, 9.17) is 4.74 Å². The number of carboxylic acids is 1. The van der Waals surface area contributed by atoms with Gasteiger partial charge in [-0.05, 0) is 37.5 Å². The molecule has 0 radical (unpaired) electrons. The average Bonchev–Trinajstić information content (AvgIpc) is 2.42. The molecule has 122 valence electrons. The summed E-state index contributed by atoms with van der Waals surface area (Å²) < 4.78 is 5.33. The second-order valence-electron chi connectivity index (χ2n) is 6.95. The molecule has 5 heteroatoms. The van der Waals surface area contributed by atoms with Crippen molar-refractivity contribution in [1.29, 1.82) is 0 Å². The van der Waals surface area contributed by atoms with Crippen molar-refractivity contribution in [3.8, 4) is 0 Å². The van der Waals surface area contributed by atoms with Crippen molar-refractivity contribution in [3.63, 3.8) is 0 Å². The normalized spacial score (nSPS) is 31.2. The lowest BCUT2D eigenvalue weighted by Crippen LogP contribution is -2.56. The summed E-state index contributed by atoms with van der Waals surface area (Å²) in [6.07, 6.45) is 1.88. The Morgan fingerprint density at radius 2 is 1.95 bits per heavy atom. The van der Waals surface area contributed by atoms with E-state index in [2.05, 4.69) is 5.32 Å². The Hall–Kier alpha value is -1.10. The second kappa shape index (κ2) is 6.34. The van der Waals surface area contributed by atoms with Gasteiger partial charge in [-0.15, -0.1) is 0 Å². The standard InChI is InChI=1S/C16H29NO4/c1-7-16(5,21-6)14(20)17-12-9-8-11(13(18)19)15(3,4)10(12)2/h10-12H,7-9H2,1-6H3,(H,17,20)(H,18,19). The minimum Gasteiger partial charge on any atom is -0.481 e. The molecule has 4 unspecified atom stereocenters. The zero-order chi connectivity index (χ0) is 16.4. The Morgan fingerprint density at radius 3 is 2.38 bits per heavy atom. The van der Waals surface area contributed by atoms with Crippen LogP contribution in [0.25, 0.3) is 0 Å². The van der Waals surface area contributed by atoms with Gasteiger partial charge in [-0.3, -0.25) is 9.59 Å². The third-order valence-electron chi connectivity index (χ3n) is 5.66.